The summed E-state index contributed by atoms with van der Waals surface area (Å²) in [5.41, 5.74) is 2.24. The molecular weight excluding hydrogens is 256 g/mol. The van der Waals surface area contributed by atoms with Gasteiger partial charge >= 0.3 is 6.16 Å². The SMILES string of the molecule is CCCCCc1ccc(-n2cnc(OC(=O)O)c2)cc1. The quantitative estimate of drug-likeness (QED) is 0.645. The first-order chi connectivity index (χ1) is 9.69. The number of carbonyl (C=O) groups is 1. The molecule has 0 spiro atoms. The Bertz CT molecular complexity index is 561. The Hall–Kier alpha value is -2.30. The van der Waals surface area contributed by atoms with Crippen molar-refractivity contribution >= 4 is 6.16 Å². The minimum Gasteiger partial charge on any atom is -0.449 e. The van der Waals surface area contributed by atoms with E-state index in [1.807, 2.05) is 12.1 Å². The molecule has 20 heavy (non-hydrogen) atoms. The topological polar surface area (TPSA) is 64.4 Å². The summed E-state index contributed by atoms with van der Waals surface area (Å²) in [5, 5.41) is 8.51. The van der Waals surface area contributed by atoms with Gasteiger partial charge in [0.05, 0.1) is 6.20 Å². The zero-order chi connectivity index (χ0) is 14.4. The van der Waals surface area contributed by atoms with Crippen molar-refractivity contribution in [1.29, 1.82) is 0 Å². The van der Waals surface area contributed by atoms with E-state index in [1.165, 1.54) is 31.2 Å². The van der Waals surface area contributed by atoms with Gasteiger partial charge in [-0.2, -0.15) is 0 Å². The Balaban J connectivity index is 2.02. The van der Waals surface area contributed by atoms with Gasteiger partial charge in [0, 0.05) is 5.69 Å². The predicted octanol–water partition coefficient (Wildman–Crippen LogP) is 3.66. The largest absolute Gasteiger partial charge is 0.512 e. The van der Waals surface area contributed by atoms with E-state index in [0.29, 0.717) is 0 Å². The summed E-state index contributed by atoms with van der Waals surface area (Å²) >= 11 is 0. The molecule has 2 aromatic rings. The molecule has 0 radical (unpaired) electrons. The van der Waals surface area contributed by atoms with Crippen molar-refractivity contribution in [1.82, 2.24) is 9.55 Å². The van der Waals surface area contributed by atoms with Crippen LogP contribution >= 0.6 is 0 Å². The molecule has 1 heterocycles. The molecule has 0 aliphatic rings. The van der Waals surface area contributed by atoms with E-state index in [0.717, 1.165) is 12.1 Å². The third-order valence-corrected chi connectivity index (χ3v) is 3.05. The van der Waals surface area contributed by atoms with Crippen molar-refractivity contribution in [3.05, 3.63) is 42.4 Å². The zero-order valence-corrected chi connectivity index (χ0v) is 11.5. The fourth-order valence-corrected chi connectivity index (χ4v) is 2.00. The molecule has 1 aromatic heterocycles. The van der Waals surface area contributed by atoms with Crippen LogP contribution in [-0.4, -0.2) is 20.8 Å². The highest BCUT2D eigenvalue weighted by atomic mass is 16.7. The highest BCUT2D eigenvalue weighted by Gasteiger charge is 2.05. The van der Waals surface area contributed by atoms with Crippen LogP contribution in [0.25, 0.3) is 5.69 Å². The van der Waals surface area contributed by atoms with Crippen molar-refractivity contribution in [3.63, 3.8) is 0 Å². The van der Waals surface area contributed by atoms with E-state index in [-0.39, 0.29) is 5.88 Å². The maximum Gasteiger partial charge on any atom is 0.512 e. The Morgan fingerprint density at radius 2 is 2.05 bits per heavy atom. The van der Waals surface area contributed by atoms with Gasteiger partial charge in [-0.15, -0.1) is 0 Å². The highest BCUT2D eigenvalue weighted by molar-refractivity contribution is 5.60. The summed E-state index contributed by atoms with van der Waals surface area (Å²) in [5.74, 6) is 0.0736. The Morgan fingerprint density at radius 3 is 2.70 bits per heavy atom. The fourth-order valence-electron chi connectivity index (χ4n) is 2.00. The molecule has 1 aromatic carbocycles. The second-order valence-electron chi connectivity index (χ2n) is 4.61. The summed E-state index contributed by atoms with van der Waals surface area (Å²) in [6.45, 7) is 2.19. The van der Waals surface area contributed by atoms with Gasteiger partial charge in [0.2, 0.25) is 5.88 Å². The monoisotopic (exact) mass is 274 g/mol. The molecule has 0 unspecified atom stereocenters. The molecule has 1 N–H and O–H groups in total. The number of rotatable bonds is 6. The molecule has 5 heteroatoms. The molecule has 2 rings (SSSR count). The summed E-state index contributed by atoms with van der Waals surface area (Å²) < 4.78 is 6.22. The van der Waals surface area contributed by atoms with Crippen molar-refractivity contribution in [2.24, 2.45) is 0 Å². The van der Waals surface area contributed by atoms with Gasteiger partial charge in [-0.25, -0.2) is 9.78 Å². The van der Waals surface area contributed by atoms with Crippen LogP contribution in [0.2, 0.25) is 0 Å². The van der Waals surface area contributed by atoms with Crippen LogP contribution in [0.15, 0.2) is 36.8 Å². The number of hydrogen-bond donors (Lipinski definition) is 1. The van der Waals surface area contributed by atoms with Crippen LogP contribution < -0.4 is 4.74 Å². The average molecular weight is 274 g/mol. The first-order valence-electron chi connectivity index (χ1n) is 6.73. The van der Waals surface area contributed by atoms with E-state index in [1.54, 1.807) is 10.8 Å². The third-order valence-electron chi connectivity index (χ3n) is 3.05. The minimum absolute atomic E-state index is 0.0736. The molecule has 0 aliphatic carbocycles. The first kappa shape index (κ1) is 14.1. The number of ether oxygens (including phenoxy) is 1. The van der Waals surface area contributed by atoms with Gasteiger partial charge < -0.3 is 14.4 Å². The van der Waals surface area contributed by atoms with E-state index in [4.69, 9.17) is 5.11 Å². The lowest BCUT2D eigenvalue weighted by Gasteiger charge is -2.04. The molecule has 0 fully saturated rings. The van der Waals surface area contributed by atoms with Gasteiger partial charge in [-0.1, -0.05) is 31.9 Å². The van der Waals surface area contributed by atoms with Crippen LogP contribution in [-0.2, 0) is 6.42 Å². The first-order valence-corrected chi connectivity index (χ1v) is 6.73. The standard InChI is InChI=1S/C15H18N2O3/c1-2-3-4-5-12-6-8-13(9-7-12)17-10-14(16-11-17)20-15(18)19/h6-11H,2-5H2,1H3,(H,18,19). The lowest BCUT2D eigenvalue weighted by atomic mass is 10.1. The average Bonchev–Trinajstić information content (AvgIpc) is 2.87. The second-order valence-corrected chi connectivity index (χ2v) is 4.61. The predicted molar refractivity (Wildman–Crippen MR) is 75.4 cm³/mol. The summed E-state index contributed by atoms with van der Waals surface area (Å²) in [6.07, 6.45) is 6.48. The number of benzene rings is 1. The second kappa shape index (κ2) is 6.75. The van der Waals surface area contributed by atoms with Gasteiger partial charge in [0.1, 0.15) is 6.33 Å². The number of aromatic nitrogens is 2. The molecule has 0 amide bonds. The van der Waals surface area contributed by atoms with Crippen LogP contribution in [0, 0.1) is 0 Å². The van der Waals surface area contributed by atoms with Crippen molar-refractivity contribution in [3.8, 4) is 11.6 Å². The van der Waals surface area contributed by atoms with Crippen molar-refractivity contribution in [2.45, 2.75) is 32.6 Å². The molecular formula is C15H18N2O3. The normalized spacial score (nSPS) is 10.4. The van der Waals surface area contributed by atoms with E-state index in [2.05, 4.69) is 28.8 Å². The summed E-state index contributed by atoms with van der Waals surface area (Å²) in [4.78, 5) is 14.3. The number of imidazole rings is 1. The van der Waals surface area contributed by atoms with E-state index < -0.39 is 6.16 Å². The summed E-state index contributed by atoms with van der Waals surface area (Å²) in [6, 6.07) is 8.16. The Labute approximate surface area is 117 Å². The van der Waals surface area contributed by atoms with E-state index in [9.17, 15) is 4.79 Å². The smallest absolute Gasteiger partial charge is 0.449 e. The molecule has 0 saturated heterocycles. The maximum absolute atomic E-state index is 10.4. The molecule has 106 valence electrons. The number of aryl methyl sites for hydroxylation is 1. The highest BCUT2D eigenvalue weighted by Crippen LogP contribution is 2.15. The summed E-state index contributed by atoms with van der Waals surface area (Å²) in [7, 11) is 0. The van der Waals surface area contributed by atoms with Crippen molar-refractivity contribution in [2.75, 3.05) is 0 Å². The number of carboxylic acid groups (broad SMARTS) is 1. The van der Waals surface area contributed by atoms with Gasteiger partial charge in [0.25, 0.3) is 0 Å². The molecule has 0 bridgehead atoms. The Kier molecular flexibility index (Phi) is 4.76. The van der Waals surface area contributed by atoms with Crippen molar-refractivity contribution < 1.29 is 14.6 Å². The molecule has 5 nitrogen and oxygen atoms in total. The van der Waals surface area contributed by atoms with E-state index >= 15 is 0 Å². The maximum atomic E-state index is 10.4. The van der Waals surface area contributed by atoms with Crippen LogP contribution in [0.4, 0.5) is 4.79 Å². The number of nitrogens with zero attached hydrogens (tertiary/aromatic N) is 2. The van der Waals surface area contributed by atoms with Crippen LogP contribution in [0.1, 0.15) is 31.7 Å². The zero-order valence-electron chi connectivity index (χ0n) is 11.5. The minimum atomic E-state index is -1.36. The molecule has 0 saturated carbocycles. The number of unbranched alkanes of at least 4 members (excludes halogenated alkanes) is 2. The number of hydrogen-bond acceptors (Lipinski definition) is 3. The van der Waals surface area contributed by atoms with Crippen LogP contribution in [0.3, 0.4) is 0 Å². The van der Waals surface area contributed by atoms with Gasteiger partial charge in [-0.05, 0) is 30.5 Å². The van der Waals surface area contributed by atoms with Gasteiger partial charge in [0.15, 0.2) is 0 Å². The van der Waals surface area contributed by atoms with Crippen LogP contribution in [0.5, 0.6) is 5.88 Å². The third kappa shape index (κ3) is 3.85. The lowest BCUT2D eigenvalue weighted by Crippen LogP contribution is -2.02. The molecule has 0 aliphatic heterocycles. The molecule has 0 atom stereocenters. The fraction of sp³-hybridized carbons (Fsp3) is 0.333. The van der Waals surface area contributed by atoms with Gasteiger partial charge in [-0.3, -0.25) is 0 Å². The Morgan fingerprint density at radius 1 is 1.30 bits per heavy atom. The lowest BCUT2D eigenvalue weighted by molar-refractivity contribution is 0.142.